The highest BCUT2D eigenvalue weighted by Gasteiger charge is 2.06. The molecule has 0 saturated heterocycles. The highest BCUT2D eigenvalue weighted by atomic mass is 32.3. The summed E-state index contributed by atoms with van der Waals surface area (Å²) in [6.45, 7) is 0.693. The molecule has 0 spiro atoms. The summed E-state index contributed by atoms with van der Waals surface area (Å²) in [4.78, 5) is 9.99. The first-order valence-electron chi connectivity index (χ1n) is 2.47. The van der Waals surface area contributed by atoms with E-state index in [4.69, 9.17) is 0 Å². The van der Waals surface area contributed by atoms with E-state index in [1.54, 1.807) is 0 Å². The van der Waals surface area contributed by atoms with E-state index in [1.807, 2.05) is 0 Å². The second kappa shape index (κ2) is 3.50. The Kier molecular flexibility index (Phi) is 3.27. The van der Waals surface area contributed by atoms with Gasteiger partial charge in [0.25, 0.3) is 0 Å². The molecule has 60 valence electrons. The van der Waals surface area contributed by atoms with E-state index in [9.17, 15) is 17.1 Å². The summed E-state index contributed by atoms with van der Waals surface area (Å²) in [6, 6.07) is 0. The fourth-order valence-corrected chi connectivity index (χ4v) is 0.567. The van der Waals surface area contributed by atoms with Crippen molar-refractivity contribution in [3.63, 3.8) is 0 Å². The lowest BCUT2D eigenvalue weighted by molar-refractivity contribution is -0.140. The van der Waals surface area contributed by atoms with Crippen LogP contribution in [0, 0.1) is 0 Å². The quantitative estimate of drug-likeness (QED) is 0.436. The van der Waals surface area contributed by atoms with Crippen molar-refractivity contribution in [3.8, 4) is 0 Å². The van der Waals surface area contributed by atoms with Gasteiger partial charge in [-0.05, 0) is 0 Å². The summed E-state index contributed by atoms with van der Waals surface area (Å²) in [5, 5.41) is 0. The molecule has 0 aromatic heterocycles. The lowest BCUT2D eigenvalue weighted by Crippen LogP contribution is -2.09. The molecule has 0 aromatic rings. The Morgan fingerprint density at radius 3 is 2.40 bits per heavy atom. The van der Waals surface area contributed by atoms with E-state index in [2.05, 4.69) is 4.74 Å². The number of rotatable bonds is 3. The second-order valence-electron chi connectivity index (χ2n) is 1.58. The topological polar surface area (TPSA) is 60.4 Å². The molecule has 0 fully saturated rings. The molecule has 4 nitrogen and oxygen atoms in total. The molecular formula is C4H7FO4S. The van der Waals surface area contributed by atoms with Crippen LogP contribution in [0.3, 0.4) is 0 Å². The van der Waals surface area contributed by atoms with Crippen molar-refractivity contribution in [2.75, 3.05) is 12.4 Å². The van der Waals surface area contributed by atoms with Gasteiger partial charge in [-0.1, -0.05) is 0 Å². The van der Waals surface area contributed by atoms with Gasteiger partial charge in [0, 0.05) is 6.92 Å². The molecule has 6 heteroatoms. The third-order valence-corrected chi connectivity index (χ3v) is 1.29. The Bertz CT molecular complexity index is 207. The molecule has 0 bridgehead atoms. The molecule has 0 heterocycles. The number of hydrogen-bond donors (Lipinski definition) is 0. The lowest BCUT2D eigenvalue weighted by atomic mass is 10.8. The van der Waals surface area contributed by atoms with Crippen LogP contribution in [-0.4, -0.2) is 26.7 Å². The lowest BCUT2D eigenvalue weighted by Gasteiger charge is -1.96. The highest BCUT2D eigenvalue weighted by molar-refractivity contribution is 7.86. The Balaban J connectivity index is 3.49. The smallest absolute Gasteiger partial charge is 0.305 e. The minimum atomic E-state index is -4.50. The zero-order chi connectivity index (χ0) is 8.20. The van der Waals surface area contributed by atoms with Crippen LogP contribution in [0.25, 0.3) is 0 Å². The molecule has 0 radical (unpaired) electrons. The number of hydrogen-bond acceptors (Lipinski definition) is 4. The summed E-state index contributed by atoms with van der Waals surface area (Å²) in [5.41, 5.74) is 0. The predicted molar refractivity (Wildman–Crippen MR) is 31.5 cm³/mol. The van der Waals surface area contributed by atoms with E-state index in [0.717, 1.165) is 6.92 Å². The Morgan fingerprint density at radius 2 is 2.10 bits per heavy atom. The molecule has 10 heavy (non-hydrogen) atoms. The van der Waals surface area contributed by atoms with Crippen LogP contribution in [0.5, 0.6) is 0 Å². The predicted octanol–water partition coefficient (Wildman–Crippen LogP) is -0.151. The minimum Gasteiger partial charge on any atom is -0.465 e. The van der Waals surface area contributed by atoms with Gasteiger partial charge < -0.3 is 4.74 Å². The zero-order valence-electron chi connectivity index (χ0n) is 5.33. The van der Waals surface area contributed by atoms with Crippen molar-refractivity contribution in [1.82, 2.24) is 0 Å². The molecule has 0 N–H and O–H groups in total. The first kappa shape index (κ1) is 9.35. The Morgan fingerprint density at radius 1 is 1.60 bits per heavy atom. The molecule has 0 aromatic carbocycles. The summed E-state index contributed by atoms with van der Waals surface area (Å²) >= 11 is 0. The molecule has 0 atom stereocenters. The van der Waals surface area contributed by atoms with Gasteiger partial charge in [-0.2, -0.15) is 8.42 Å². The average molecular weight is 170 g/mol. The van der Waals surface area contributed by atoms with Crippen molar-refractivity contribution >= 4 is 16.2 Å². The number of carbonyl (C=O) groups excluding carboxylic acids is 1. The first-order valence-corrected chi connectivity index (χ1v) is 4.03. The first-order chi connectivity index (χ1) is 4.42. The van der Waals surface area contributed by atoms with Crippen LogP contribution < -0.4 is 0 Å². The van der Waals surface area contributed by atoms with E-state index in [0.29, 0.717) is 0 Å². The van der Waals surface area contributed by atoms with Crippen LogP contribution in [0.4, 0.5) is 3.89 Å². The largest absolute Gasteiger partial charge is 0.465 e. The van der Waals surface area contributed by atoms with Crippen molar-refractivity contribution in [2.24, 2.45) is 0 Å². The molecule has 0 aliphatic heterocycles. The van der Waals surface area contributed by atoms with E-state index in [-0.39, 0.29) is 0 Å². The average Bonchev–Trinajstić information content (AvgIpc) is 1.59. The summed E-state index contributed by atoms with van der Waals surface area (Å²) < 4.78 is 35.3. The monoisotopic (exact) mass is 170 g/mol. The second-order valence-corrected chi connectivity index (χ2v) is 3.07. The van der Waals surface area contributed by atoms with Crippen molar-refractivity contribution in [1.29, 1.82) is 0 Å². The Hall–Kier alpha value is -0.650. The summed E-state index contributed by atoms with van der Waals surface area (Å²) in [6.07, 6.45) is 0. The van der Waals surface area contributed by atoms with Gasteiger partial charge in [-0.15, -0.1) is 3.89 Å². The molecule has 0 unspecified atom stereocenters. The van der Waals surface area contributed by atoms with Gasteiger partial charge in [-0.25, -0.2) is 0 Å². The number of halogens is 1. The molecule has 0 amide bonds. The van der Waals surface area contributed by atoms with Crippen LogP contribution in [0.2, 0.25) is 0 Å². The molecule has 0 saturated carbocycles. The maximum atomic E-state index is 11.6. The fraction of sp³-hybridized carbons (Fsp3) is 0.750. The number of carbonyl (C=O) groups is 1. The van der Waals surface area contributed by atoms with Crippen molar-refractivity contribution in [3.05, 3.63) is 0 Å². The van der Waals surface area contributed by atoms with E-state index >= 15 is 0 Å². The van der Waals surface area contributed by atoms with Crippen LogP contribution in [-0.2, 0) is 19.8 Å². The maximum absolute atomic E-state index is 11.6. The highest BCUT2D eigenvalue weighted by Crippen LogP contribution is 1.90. The third-order valence-electron chi connectivity index (χ3n) is 0.632. The normalized spacial score (nSPS) is 11.0. The zero-order valence-corrected chi connectivity index (χ0v) is 6.15. The van der Waals surface area contributed by atoms with Gasteiger partial charge in [0.1, 0.15) is 12.4 Å². The number of ether oxygens (including phenoxy) is 1. The van der Waals surface area contributed by atoms with Gasteiger partial charge in [0.2, 0.25) is 0 Å². The third kappa shape index (κ3) is 7.35. The standard InChI is InChI=1S/C4H7FO4S/c1-4(6)9-2-3-10(5,7)8/h2-3H2,1H3. The van der Waals surface area contributed by atoms with Crippen LogP contribution in [0.1, 0.15) is 6.92 Å². The van der Waals surface area contributed by atoms with Gasteiger partial charge in [-0.3, -0.25) is 4.79 Å². The fourth-order valence-electron chi connectivity index (χ4n) is 0.285. The van der Waals surface area contributed by atoms with Gasteiger partial charge in [0.05, 0.1) is 0 Å². The van der Waals surface area contributed by atoms with Crippen LogP contribution in [0.15, 0.2) is 0 Å². The van der Waals surface area contributed by atoms with Gasteiger partial charge >= 0.3 is 16.2 Å². The molecule has 0 rings (SSSR count). The SMILES string of the molecule is CC(=O)OCCS(=O)(=O)F. The van der Waals surface area contributed by atoms with Crippen LogP contribution >= 0.6 is 0 Å². The molecule has 0 aliphatic rings. The van der Waals surface area contributed by atoms with E-state index < -0.39 is 28.6 Å². The molecule has 0 aliphatic carbocycles. The molecular weight excluding hydrogens is 163 g/mol. The van der Waals surface area contributed by atoms with Crippen molar-refractivity contribution < 1.29 is 21.8 Å². The minimum absolute atomic E-state index is 0.422. The Labute approximate surface area is 58.2 Å². The van der Waals surface area contributed by atoms with E-state index in [1.165, 1.54) is 0 Å². The summed E-state index contributed by atoms with van der Waals surface area (Å²) in [7, 11) is -4.50. The number of esters is 1. The maximum Gasteiger partial charge on any atom is 0.305 e. The van der Waals surface area contributed by atoms with Crippen molar-refractivity contribution in [2.45, 2.75) is 6.92 Å². The van der Waals surface area contributed by atoms with Gasteiger partial charge in [0.15, 0.2) is 0 Å². The summed E-state index contributed by atoms with van der Waals surface area (Å²) in [5.74, 6) is -1.39.